The Morgan fingerprint density at radius 1 is 1.17 bits per heavy atom. The first-order chi connectivity index (χ1) is 16.9. The Morgan fingerprint density at radius 2 is 1.86 bits per heavy atom. The fourth-order valence-corrected chi connectivity index (χ4v) is 7.37. The number of pyridine rings is 1. The summed E-state index contributed by atoms with van der Waals surface area (Å²) in [5.41, 5.74) is 0.921. The van der Waals surface area contributed by atoms with Gasteiger partial charge in [-0.1, -0.05) is 23.7 Å². The van der Waals surface area contributed by atoms with Crippen molar-refractivity contribution >= 4 is 33.3 Å². The van der Waals surface area contributed by atoms with Gasteiger partial charge in [-0.05, 0) is 49.1 Å². The molecule has 2 aromatic rings. The Morgan fingerprint density at radius 3 is 2.47 bits per heavy atom. The van der Waals surface area contributed by atoms with E-state index >= 15 is 0 Å². The highest BCUT2D eigenvalue weighted by molar-refractivity contribution is 7.94. The van der Waals surface area contributed by atoms with Crippen LogP contribution in [0.25, 0.3) is 0 Å². The quantitative estimate of drug-likeness (QED) is 0.582. The zero-order valence-electron chi connectivity index (χ0n) is 19.4. The van der Waals surface area contributed by atoms with Crippen molar-refractivity contribution in [2.45, 2.75) is 55.2 Å². The van der Waals surface area contributed by atoms with Gasteiger partial charge in [-0.25, -0.2) is 17.2 Å². The van der Waals surface area contributed by atoms with Crippen molar-refractivity contribution in [1.29, 1.82) is 0 Å². The lowest BCUT2D eigenvalue weighted by Crippen LogP contribution is -2.50. The molecule has 1 aromatic carbocycles. The number of benzene rings is 1. The van der Waals surface area contributed by atoms with E-state index in [1.807, 2.05) is 19.1 Å². The van der Waals surface area contributed by atoms with Crippen molar-refractivity contribution < 1.29 is 26.8 Å². The lowest BCUT2D eigenvalue weighted by molar-refractivity contribution is 0.0694. The maximum absolute atomic E-state index is 13.5. The smallest absolute Gasteiger partial charge is 0.270 e. The summed E-state index contributed by atoms with van der Waals surface area (Å²) in [6.07, 6.45) is -0.224. The second-order valence-corrected chi connectivity index (χ2v) is 12.7. The third-order valence-electron chi connectivity index (χ3n) is 7.24. The molecule has 0 radical (unpaired) electrons. The molecule has 2 aliphatic carbocycles. The molecule has 0 unspecified atom stereocenters. The van der Waals surface area contributed by atoms with Crippen LogP contribution in [0.2, 0.25) is 5.02 Å². The molecule has 8 nitrogen and oxygen atoms in total. The van der Waals surface area contributed by atoms with Crippen LogP contribution in [0.4, 0.5) is 8.78 Å². The van der Waals surface area contributed by atoms with E-state index in [9.17, 15) is 31.6 Å². The number of nitrogens with one attached hydrogen (secondary N) is 1. The van der Waals surface area contributed by atoms with Gasteiger partial charge < -0.3 is 14.8 Å². The van der Waals surface area contributed by atoms with Crippen molar-refractivity contribution in [3.63, 3.8) is 0 Å². The van der Waals surface area contributed by atoms with E-state index < -0.39 is 49.6 Å². The maximum Gasteiger partial charge on any atom is 0.270 e. The molecule has 1 aromatic heterocycles. The minimum atomic E-state index is -4.10. The summed E-state index contributed by atoms with van der Waals surface area (Å²) in [5.74, 6) is -4.37. The second-order valence-electron chi connectivity index (χ2n) is 9.76. The summed E-state index contributed by atoms with van der Waals surface area (Å²) in [6.45, 7) is 1.93. The molecule has 0 saturated heterocycles. The number of hydrogen-bond donors (Lipinski definition) is 1. The Labute approximate surface area is 211 Å². The van der Waals surface area contributed by atoms with Crippen molar-refractivity contribution in [3.05, 3.63) is 68.1 Å². The summed E-state index contributed by atoms with van der Waals surface area (Å²) in [7, 11) is -4.10. The highest BCUT2D eigenvalue weighted by Crippen LogP contribution is 2.56. The second kappa shape index (κ2) is 8.37. The molecule has 1 atom stereocenters. The van der Waals surface area contributed by atoms with Crippen molar-refractivity contribution in [2.75, 3.05) is 13.1 Å². The molecule has 5 rings (SSSR count). The molecule has 2 saturated carbocycles. The average molecular weight is 540 g/mol. The molecule has 2 amide bonds. The lowest BCUT2D eigenvalue weighted by Gasteiger charge is -2.32. The number of aryl methyl sites for hydroxylation is 1. The average Bonchev–Trinajstić information content (AvgIpc) is 3.73. The number of carbonyl (C=O) groups is 2. The van der Waals surface area contributed by atoms with Crippen molar-refractivity contribution in [1.82, 2.24) is 14.8 Å². The zero-order valence-corrected chi connectivity index (χ0v) is 21.0. The van der Waals surface area contributed by atoms with Crippen LogP contribution in [-0.2, 0) is 22.9 Å². The van der Waals surface area contributed by atoms with Gasteiger partial charge in [-0.3, -0.25) is 14.4 Å². The Kier molecular flexibility index (Phi) is 5.79. The van der Waals surface area contributed by atoms with Crippen molar-refractivity contribution in [3.8, 4) is 0 Å². The van der Waals surface area contributed by atoms with E-state index in [1.165, 1.54) is 21.6 Å². The standard InChI is InChI=1S/C24H24ClF2N3O5S/c1-14-2-3-15(10-17(14)25)12-28-20(31)16-4-5-18-22(33)29(8-9-30(18)21(16)32)13-23(6-7-23)36(34,35)19-11-24(19,26)27/h2-5,10,19H,6-9,11-13H2,1H3,(H,28,31)/t19-/m0/s1. The van der Waals surface area contributed by atoms with Crippen molar-refractivity contribution in [2.24, 2.45) is 0 Å². The van der Waals surface area contributed by atoms with E-state index in [0.29, 0.717) is 5.02 Å². The number of halogens is 3. The maximum atomic E-state index is 13.5. The van der Waals surface area contributed by atoms with Gasteiger partial charge in [0.05, 0.1) is 4.75 Å². The van der Waals surface area contributed by atoms with Gasteiger partial charge in [-0.15, -0.1) is 0 Å². The SMILES string of the molecule is Cc1ccc(CNC(=O)c2ccc3n(c2=O)CCN(CC2(S(=O)(=O)[C@H]4CC4(F)F)CC2)C3=O)cc1Cl. The normalized spacial score (nSPS) is 21.6. The summed E-state index contributed by atoms with van der Waals surface area (Å²) in [4.78, 5) is 40.0. The van der Waals surface area contributed by atoms with Gasteiger partial charge in [0.25, 0.3) is 23.3 Å². The van der Waals surface area contributed by atoms with Crippen LogP contribution < -0.4 is 10.9 Å². The molecule has 1 N–H and O–H groups in total. The highest BCUT2D eigenvalue weighted by Gasteiger charge is 2.71. The Balaban J connectivity index is 1.30. The minimum Gasteiger partial charge on any atom is -0.348 e. The van der Waals surface area contributed by atoms with Gasteiger partial charge in [0.2, 0.25) is 0 Å². The third-order valence-corrected chi connectivity index (χ3v) is 10.7. The predicted molar refractivity (Wildman–Crippen MR) is 128 cm³/mol. The fraction of sp³-hybridized carbons (Fsp3) is 0.458. The molecule has 36 heavy (non-hydrogen) atoms. The van der Waals surface area contributed by atoms with E-state index in [1.54, 1.807) is 6.07 Å². The van der Waals surface area contributed by atoms with Crippen LogP contribution in [0.5, 0.6) is 0 Å². The summed E-state index contributed by atoms with van der Waals surface area (Å²) >= 11 is 6.11. The summed E-state index contributed by atoms with van der Waals surface area (Å²) in [6, 6.07) is 7.98. The van der Waals surface area contributed by atoms with Crippen LogP contribution in [0.15, 0.2) is 35.1 Å². The third kappa shape index (κ3) is 4.11. The van der Waals surface area contributed by atoms with Crippen LogP contribution in [0.3, 0.4) is 0 Å². The molecule has 0 spiro atoms. The number of alkyl halides is 2. The van der Waals surface area contributed by atoms with Gasteiger partial charge in [-0.2, -0.15) is 0 Å². The topological polar surface area (TPSA) is 106 Å². The highest BCUT2D eigenvalue weighted by atomic mass is 35.5. The molecular weight excluding hydrogens is 516 g/mol. The van der Waals surface area contributed by atoms with E-state index in [2.05, 4.69) is 5.32 Å². The van der Waals surface area contributed by atoms with Crippen LogP contribution in [0.1, 0.15) is 51.2 Å². The fourth-order valence-electron chi connectivity index (χ4n) is 4.67. The molecule has 2 fully saturated rings. The van der Waals surface area contributed by atoms with Crippen LogP contribution in [-0.4, -0.2) is 58.7 Å². The molecule has 2 heterocycles. The van der Waals surface area contributed by atoms with Crippen LogP contribution in [0, 0.1) is 6.92 Å². The first kappa shape index (κ1) is 24.9. The number of rotatable bonds is 7. The summed E-state index contributed by atoms with van der Waals surface area (Å²) in [5, 5.41) is 1.55. The van der Waals surface area contributed by atoms with Gasteiger partial charge in [0, 0.05) is 37.6 Å². The number of hydrogen-bond acceptors (Lipinski definition) is 5. The van der Waals surface area contributed by atoms with Gasteiger partial charge in [0.1, 0.15) is 16.5 Å². The number of amides is 2. The van der Waals surface area contributed by atoms with E-state index in [0.717, 1.165) is 11.1 Å². The van der Waals surface area contributed by atoms with Crippen LogP contribution >= 0.6 is 11.6 Å². The molecule has 3 aliphatic rings. The van der Waals surface area contributed by atoms with Gasteiger partial charge >= 0.3 is 0 Å². The number of aromatic nitrogens is 1. The molecule has 12 heteroatoms. The van der Waals surface area contributed by atoms with E-state index in [-0.39, 0.29) is 50.3 Å². The number of nitrogens with zero attached hydrogens (tertiary/aromatic N) is 2. The molecule has 0 bridgehead atoms. The summed E-state index contributed by atoms with van der Waals surface area (Å²) < 4.78 is 52.4. The van der Waals surface area contributed by atoms with Gasteiger partial charge in [0.15, 0.2) is 9.84 Å². The first-order valence-electron chi connectivity index (χ1n) is 11.5. The predicted octanol–water partition coefficient (Wildman–Crippen LogP) is 2.55. The number of sulfone groups is 1. The monoisotopic (exact) mass is 539 g/mol. The largest absolute Gasteiger partial charge is 0.348 e. The Hall–Kier alpha value is -2.79. The minimum absolute atomic E-state index is 0.0260. The molecule has 1 aliphatic heterocycles. The molecule has 192 valence electrons. The lowest BCUT2D eigenvalue weighted by atomic mass is 10.1. The Bertz CT molecular complexity index is 1450. The number of fused-ring (bicyclic) bond motifs is 1. The van der Waals surface area contributed by atoms with E-state index in [4.69, 9.17) is 11.6 Å². The number of carbonyl (C=O) groups excluding carboxylic acids is 2. The zero-order chi connectivity index (χ0) is 26.0. The first-order valence-corrected chi connectivity index (χ1v) is 13.5. The molecular formula is C24H24ClF2N3O5S.